The minimum atomic E-state index is 0.326. The molecule has 0 aromatic rings. The predicted octanol–water partition coefficient (Wildman–Crippen LogP) is 2.32. The standard InChI is InChI=1S/C12H25NO/c1-10-6-3-4-8-12(10)13-11(2)7-5-9-14/h10-14H,3-9H2,1-2H3/t10-,11-,12-/m0/s1. The van der Waals surface area contributed by atoms with Crippen LogP contribution in [0, 0.1) is 5.92 Å². The lowest BCUT2D eigenvalue weighted by Gasteiger charge is -2.32. The maximum atomic E-state index is 8.75. The van der Waals surface area contributed by atoms with Crippen molar-refractivity contribution in [2.75, 3.05) is 6.61 Å². The Bertz CT molecular complexity index is 149. The molecule has 2 heteroatoms. The fraction of sp³-hybridized carbons (Fsp3) is 1.00. The van der Waals surface area contributed by atoms with Gasteiger partial charge in [-0.2, -0.15) is 0 Å². The van der Waals surface area contributed by atoms with Crippen molar-refractivity contribution >= 4 is 0 Å². The highest BCUT2D eigenvalue weighted by Gasteiger charge is 2.21. The first-order valence-corrected chi connectivity index (χ1v) is 6.11. The van der Waals surface area contributed by atoms with Crippen LogP contribution in [0.2, 0.25) is 0 Å². The molecule has 0 unspecified atom stereocenters. The molecule has 0 bridgehead atoms. The molecular weight excluding hydrogens is 174 g/mol. The summed E-state index contributed by atoms with van der Waals surface area (Å²) in [7, 11) is 0. The summed E-state index contributed by atoms with van der Waals surface area (Å²) in [6.45, 7) is 4.92. The van der Waals surface area contributed by atoms with Crippen LogP contribution in [-0.4, -0.2) is 23.8 Å². The minimum Gasteiger partial charge on any atom is -0.396 e. The van der Waals surface area contributed by atoms with Crippen molar-refractivity contribution in [3.05, 3.63) is 0 Å². The fourth-order valence-electron chi connectivity index (χ4n) is 2.41. The summed E-state index contributed by atoms with van der Waals surface area (Å²) in [6, 6.07) is 1.28. The molecule has 1 rings (SSSR count). The first kappa shape index (κ1) is 12.0. The van der Waals surface area contributed by atoms with Crippen molar-refractivity contribution < 1.29 is 5.11 Å². The Balaban J connectivity index is 2.20. The number of hydrogen-bond acceptors (Lipinski definition) is 2. The molecule has 0 aromatic heterocycles. The van der Waals surface area contributed by atoms with Gasteiger partial charge in [0.15, 0.2) is 0 Å². The second-order valence-corrected chi connectivity index (χ2v) is 4.80. The second-order valence-electron chi connectivity index (χ2n) is 4.80. The highest BCUT2D eigenvalue weighted by molar-refractivity contribution is 4.80. The normalized spacial score (nSPS) is 30.2. The van der Waals surface area contributed by atoms with E-state index in [1.807, 2.05) is 0 Å². The molecule has 2 N–H and O–H groups in total. The lowest BCUT2D eigenvalue weighted by Crippen LogP contribution is -2.42. The van der Waals surface area contributed by atoms with Gasteiger partial charge in [-0.1, -0.05) is 19.8 Å². The van der Waals surface area contributed by atoms with Crippen LogP contribution in [0.15, 0.2) is 0 Å². The number of aliphatic hydroxyl groups is 1. The van der Waals surface area contributed by atoms with Crippen LogP contribution in [0.5, 0.6) is 0 Å². The lowest BCUT2D eigenvalue weighted by atomic mass is 9.85. The zero-order chi connectivity index (χ0) is 10.4. The quantitative estimate of drug-likeness (QED) is 0.712. The molecule has 0 spiro atoms. The third-order valence-electron chi connectivity index (χ3n) is 3.41. The van der Waals surface area contributed by atoms with Crippen LogP contribution in [-0.2, 0) is 0 Å². The zero-order valence-corrected chi connectivity index (χ0v) is 9.63. The Hall–Kier alpha value is -0.0800. The van der Waals surface area contributed by atoms with E-state index in [0.29, 0.717) is 12.6 Å². The summed E-state index contributed by atoms with van der Waals surface area (Å²) in [5, 5.41) is 12.4. The van der Waals surface area contributed by atoms with E-state index in [-0.39, 0.29) is 0 Å². The van der Waals surface area contributed by atoms with Gasteiger partial charge in [0.1, 0.15) is 0 Å². The molecule has 2 nitrogen and oxygen atoms in total. The molecule has 1 aliphatic rings. The van der Waals surface area contributed by atoms with E-state index in [4.69, 9.17) is 5.11 Å². The van der Waals surface area contributed by atoms with E-state index in [2.05, 4.69) is 19.2 Å². The highest BCUT2D eigenvalue weighted by Crippen LogP contribution is 2.24. The van der Waals surface area contributed by atoms with Gasteiger partial charge in [0.25, 0.3) is 0 Å². The van der Waals surface area contributed by atoms with Gasteiger partial charge in [0.05, 0.1) is 0 Å². The zero-order valence-electron chi connectivity index (χ0n) is 9.63. The summed E-state index contributed by atoms with van der Waals surface area (Å²) in [6.07, 6.45) is 7.53. The first-order valence-electron chi connectivity index (χ1n) is 6.11. The summed E-state index contributed by atoms with van der Waals surface area (Å²) < 4.78 is 0. The molecule has 1 fully saturated rings. The number of nitrogens with one attached hydrogen (secondary N) is 1. The smallest absolute Gasteiger partial charge is 0.0431 e. The van der Waals surface area contributed by atoms with E-state index in [0.717, 1.165) is 24.8 Å². The molecule has 0 aliphatic heterocycles. The fourth-order valence-corrected chi connectivity index (χ4v) is 2.41. The molecular formula is C12H25NO. The third-order valence-corrected chi connectivity index (χ3v) is 3.41. The molecule has 3 atom stereocenters. The Labute approximate surface area is 88.1 Å². The average Bonchev–Trinajstić information content (AvgIpc) is 2.18. The van der Waals surface area contributed by atoms with Crippen molar-refractivity contribution in [3.8, 4) is 0 Å². The van der Waals surface area contributed by atoms with Crippen LogP contribution in [0.1, 0.15) is 52.4 Å². The predicted molar refractivity (Wildman–Crippen MR) is 60.3 cm³/mol. The molecule has 14 heavy (non-hydrogen) atoms. The Morgan fingerprint density at radius 3 is 2.71 bits per heavy atom. The molecule has 0 saturated heterocycles. The van der Waals surface area contributed by atoms with Gasteiger partial charge in [-0.15, -0.1) is 0 Å². The summed E-state index contributed by atoms with van der Waals surface area (Å²) in [5.41, 5.74) is 0. The topological polar surface area (TPSA) is 32.3 Å². The summed E-state index contributed by atoms with van der Waals surface area (Å²) in [4.78, 5) is 0. The van der Waals surface area contributed by atoms with E-state index in [9.17, 15) is 0 Å². The molecule has 0 radical (unpaired) electrons. The van der Waals surface area contributed by atoms with Crippen molar-refractivity contribution in [2.24, 2.45) is 5.92 Å². The summed E-state index contributed by atoms with van der Waals surface area (Å²) >= 11 is 0. The lowest BCUT2D eigenvalue weighted by molar-refractivity contribution is 0.241. The van der Waals surface area contributed by atoms with Crippen LogP contribution >= 0.6 is 0 Å². The minimum absolute atomic E-state index is 0.326. The van der Waals surface area contributed by atoms with Crippen molar-refractivity contribution in [3.63, 3.8) is 0 Å². The number of aliphatic hydroxyl groups excluding tert-OH is 1. The van der Waals surface area contributed by atoms with E-state index in [1.54, 1.807) is 0 Å². The van der Waals surface area contributed by atoms with Gasteiger partial charge in [-0.25, -0.2) is 0 Å². The maximum absolute atomic E-state index is 8.75. The van der Waals surface area contributed by atoms with Gasteiger partial charge in [0.2, 0.25) is 0 Å². The maximum Gasteiger partial charge on any atom is 0.0431 e. The number of hydrogen-bond donors (Lipinski definition) is 2. The summed E-state index contributed by atoms with van der Waals surface area (Å²) in [5.74, 6) is 0.834. The molecule has 0 aromatic carbocycles. The molecule has 84 valence electrons. The highest BCUT2D eigenvalue weighted by atomic mass is 16.2. The molecule has 1 aliphatic carbocycles. The van der Waals surface area contributed by atoms with Gasteiger partial charge in [-0.3, -0.25) is 0 Å². The number of rotatable bonds is 5. The van der Waals surface area contributed by atoms with Crippen molar-refractivity contribution in [2.45, 2.75) is 64.5 Å². The molecule has 0 heterocycles. The van der Waals surface area contributed by atoms with Crippen molar-refractivity contribution in [1.29, 1.82) is 0 Å². The van der Waals surface area contributed by atoms with E-state index < -0.39 is 0 Å². The van der Waals surface area contributed by atoms with Crippen molar-refractivity contribution in [1.82, 2.24) is 5.32 Å². The Kier molecular flexibility index (Phi) is 5.49. The first-order chi connectivity index (χ1) is 6.74. The third kappa shape index (κ3) is 3.97. The van der Waals surface area contributed by atoms with Crippen LogP contribution in [0.25, 0.3) is 0 Å². The molecule has 0 amide bonds. The monoisotopic (exact) mass is 199 g/mol. The Morgan fingerprint density at radius 1 is 1.36 bits per heavy atom. The van der Waals surface area contributed by atoms with Crippen LogP contribution < -0.4 is 5.32 Å². The van der Waals surface area contributed by atoms with Gasteiger partial charge >= 0.3 is 0 Å². The van der Waals surface area contributed by atoms with E-state index in [1.165, 1.54) is 25.7 Å². The van der Waals surface area contributed by atoms with Gasteiger partial charge in [0, 0.05) is 18.7 Å². The van der Waals surface area contributed by atoms with Crippen LogP contribution in [0.4, 0.5) is 0 Å². The van der Waals surface area contributed by atoms with E-state index >= 15 is 0 Å². The Morgan fingerprint density at radius 2 is 2.07 bits per heavy atom. The van der Waals surface area contributed by atoms with Crippen LogP contribution in [0.3, 0.4) is 0 Å². The van der Waals surface area contributed by atoms with Gasteiger partial charge < -0.3 is 10.4 Å². The largest absolute Gasteiger partial charge is 0.396 e. The average molecular weight is 199 g/mol. The second kappa shape index (κ2) is 6.41. The van der Waals surface area contributed by atoms with Gasteiger partial charge in [-0.05, 0) is 38.5 Å². The molecule has 1 saturated carbocycles. The SMILES string of the molecule is C[C@@H](CCCO)N[C@H]1CCCC[C@@H]1C.